The van der Waals surface area contributed by atoms with E-state index in [1.165, 1.54) is 77.1 Å². The van der Waals surface area contributed by atoms with E-state index in [-0.39, 0.29) is 11.3 Å². The number of imidazole rings is 1. The molecule has 0 radical (unpaired) electrons. The summed E-state index contributed by atoms with van der Waals surface area (Å²) in [6.45, 7) is 10.7. The first kappa shape index (κ1) is 33.5. The van der Waals surface area contributed by atoms with Crippen molar-refractivity contribution >= 4 is 23.4 Å². The van der Waals surface area contributed by atoms with Crippen LogP contribution in [0.2, 0.25) is 0 Å². The molecule has 45 heavy (non-hydrogen) atoms. The minimum atomic E-state index is -1.18. The second-order valence-corrected chi connectivity index (χ2v) is 11.4. The van der Waals surface area contributed by atoms with Crippen molar-refractivity contribution in [2.75, 3.05) is 65.7 Å². The van der Waals surface area contributed by atoms with Gasteiger partial charge < -0.3 is 24.8 Å². The predicted molar refractivity (Wildman–Crippen MR) is 171 cm³/mol. The number of likely N-dealkylation sites (N-methyl/N-ethyl adjacent to an activating group) is 1. The Kier molecular flexibility index (Phi) is 11.5. The van der Waals surface area contributed by atoms with Crippen LogP contribution in [0.5, 0.6) is 5.75 Å². The summed E-state index contributed by atoms with van der Waals surface area (Å²) in [6.07, 6.45) is 5.67. The summed E-state index contributed by atoms with van der Waals surface area (Å²) in [7, 11) is 6.49. The maximum absolute atomic E-state index is 14.8. The number of nitriles is 1. The van der Waals surface area contributed by atoms with E-state index in [2.05, 4.69) is 51.1 Å². The molecule has 3 heterocycles. The molecule has 10 nitrogen and oxygen atoms in total. The molecular formula is C33H40F2N8O2. The number of halogens is 2. The van der Waals surface area contributed by atoms with E-state index in [4.69, 9.17) is 10.00 Å². The third-order valence-electron chi connectivity index (χ3n) is 7.57. The summed E-state index contributed by atoms with van der Waals surface area (Å²) >= 11 is 0. The highest BCUT2D eigenvalue weighted by Gasteiger charge is 2.20. The lowest BCUT2D eigenvalue weighted by molar-refractivity contribution is 0.112. The molecular weight excluding hydrogens is 578 g/mol. The Labute approximate surface area is 262 Å². The first-order chi connectivity index (χ1) is 21.6. The number of carbonyl (C=O) groups is 1. The van der Waals surface area contributed by atoms with Crippen molar-refractivity contribution in [2.24, 2.45) is 0 Å². The molecule has 1 fully saturated rings. The molecule has 2 aromatic heterocycles. The molecule has 4 aromatic rings. The molecule has 2 aromatic carbocycles. The maximum Gasteiger partial charge on any atom is 0.201 e. The highest BCUT2D eigenvalue weighted by Crippen LogP contribution is 2.32. The van der Waals surface area contributed by atoms with Crippen LogP contribution >= 0.6 is 0 Å². The number of fused-ring (bicyclic) bond motifs is 1. The van der Waals surface area contributed by atoms with Crippen LogP contribution in [-0.4, -0.2) is 102 Å². The normalized spacial score (nSPS) is 14.5. The van der Waals surface area contributed by atoms with Gasteiger partial charge in [-0.25, -0.2) is 14.4 Å². The second kappa shape index (κ2) is 15.5. The van der Waals surface area contributed by atoms with Gasteiger partial charge in [0.1, 0.15) is 12.4 Å². The van der Waals surface area contributed by atoms with E-state index in [1.54, 1.807) is 34.9 Å². The van der Waals surface area contributed by atoms with Crippen LogP contribution in [0.1, 0.15) is 29.3 Å². The van der Waals surface area contributed by atoms with Crippen molar-refractivity contribution in [1.29, 1.82) is 5.26 Å². The van der Waals surface area contributed by atoms with Gasteiger partial charge in [0, 0.05) is 55.4 Å². The van der Waals surface area contributed by atoms with Gasteiger partial charge in [-0.15, -0.1) is 0 Å². The lowest BCUT2D eigenvalue weighted by atomic mass is 10.1. The fraction of sp³-hybridized carbons (Fsp3) is 0.394. The summed E-state index contributed by atoms with van der Waals surface area (Å²) in [5.41, 5.74) is 2.77. The Hall–Kier alpha value is -4.44. The molecule has 0 aliphatic carbocycles. The van der Waals surface area contributed by atoms with Gasteiger partial charge in [0.25, 0.3) is 0 Å². The zero-order chi connectivity index (χ0) is 32.5. The average Bonchev–Trinajstić information content (AvgIpc) is 3.46. The summed E-state index contributed by atoms with van der Waals surface area (Å²) < 4.78 is 36.0. The van der Waals surface area contributed by atoms with Gasteiger partial charge >= 0.3 is 0 Å². The van der Waals surface area contributed by atoms with Gasteiger partial charge in [0.05, 0.1) is 11.9 Å². The standard InChI is InChI=1S/C23H17F2N5O2.C10H23N3/c1-13-9-16(4-3-15(13)12-31)29-22-23-28-11-18(30(23)8-7-27-22)17-5-6-19(21(25)20(17)24)32-14(2)10-26;1-11(2)5-4-6-13-9-7-12(3)8-10-13/h3-9,11-12,14H,1-2H3,(H,27,29);4-10H2,1-3H3. The van der Waals surface area contributed by atoms with Crippen LogP contribution in [0.25, 0.3) is 16.9 Å². The Morgan fingerprint density at radius 1 is 1.13 bits per heavy atom. The molecule has 0 amide bonds. The number of anilines is 2. The highest BCUT2D eigenvalue weighted by atomic mass is 19.2. The van der Waals surface area contributed by atoms with Gasteiger partial charge in [-0.2, -0.15) is 9.65 Å². The van der Waals surface area contributed by atoms with Crippen LogP contribution in [0, 0.1) is 29.9 Å². The number of aldehydes is 1. The van der Waals surface area contributed by atoms with Crippen molar-refractivity contribution in [3.8, 4) is 23.1 Å². The maximum atomic E-state index is 14.8. The molecule has 1 aliphatic heterocycles. The van der Waals surface area contributed by atoms with E-state index in [1.807, 2.05) is 6.92 Å². The van der Waals surface area contributed by atoms with Gasteiger partial charge in [0.15, 0.2) is 29.1 Å². The first-order valence-corrected chi connectivity index (χ1v) is 14.9. The van der Waals surface area contributed by atoms with E-state index in [0.29, 0.717) is 28.4 Å². The fourth-order valence-electron chi connectivity index (χ4n) is 4.95. The second-order valence-electron chi connectivity index (χ2n) is 11.4. The van der Waals surface area contributed by atoms with E-state index >= 15 is 0 Å². The average molecular weight is 619 g/mol. The minimum absolute atomic E-state index is 0.0182. The fourth-order valence-corrected chi connectivity index (χ4v) is 4.95. The lowest BCUT2D eigenvalue weighted by Crippen LogP contribution is -2.45. The van der Waals surface area contributed by atoms with E-state index in [9.17, 15) is 13.6 Å². The topological polar surface area (TPSA) is 102 Å². The van der Waals surface area contributed by atoms with E-state index in [0.717, 1.165) is 11.8 Å². The van der Waals surface area contributed by atoms with Gasteiger partial charge in [-0.1, -0.05) is 0 Å². The molecule has 1 unspecified atom stereocenters. The molecule has 0 saturated carbocycles. The van der Waals surface area contributed by atoms with Gasteiger partial charge in [0.2, 0.25) is 5.82 Å². The van der Waals surface area contributed by atoms with Crippen molar-refractivity contribution < 1.29 is 18.3 Å². The molecule has 0 spiro atoms. The SMILES string of the molecule is CN(C)CCCN1CCN(C)CC1.Cc1cc(Nc2nccn3c(-c4ccc(OC(C)C#N)c(F)c4F)cnc23)ccc1C=O. The molecule has 0 bridgehead atoms. The summed E-state index contributed by atoms with van der Waals surface area (Å²) in [5, 5.41) is 12.0. The third kappa shape index (κ3) is 8.60. The number of piperazine rings is 1. The largest absolute Gasteiger partial charge is 0.473 e. The van der Waals surface area contributed by atoms with Gasteiger partial charge in [-0.05, 0) is 90.4 Å². The number of aryl methyl sites for hydroxylation is 1. The molecule has 1 saturated heterocycles. The molecule has 1 atom stereocenters. The number of ether oxygens (including phenoxy) is 1. The number of hydrogen-bond donors (Lipinski definition) is 1. The molecule has 5 rings (SSSR count). The van der Waals surface area contributed by atoms with Crippen molar-refractivity contribution in [3.63, 3.8) is 0 Å². The predicted octanol–water partition coefficient (Wildman–Crippen LogP) is 5.02. The van der Waals surface area contributed by atoms with E-state index < -0.39 is 17.7 Å². The Morgan fingerprint density at radius 2 is 1.89 bits per heavy atom. The number of benzene rings is 2. The van der Waals surface area contributed by atoms with Crippen LogP contribution in [0.3, 0.4) is 0 Å². The molecule has 1 aliphatic rings. The minimum Gasteiger partial charge on any atom is -0.473 e. The quantitative estimate of drug-likeness (QED) is 0.246. The monoisotopic (exact) mass is 618 g/mol. The van der Waals surface area contributed by atoms with Crippen LogP contribution in [-0.2, 0) is 0 Å². The van der Waals surface area contributed by atoms with Crippen molar-refractivity contribution in [2.45, 2.75) is 26.4 Å². The summed E-state index contributed by atoms with van der Waals surface area (Å²) in [6, 6.07) is 9.68. The molecule has 238 valence electrons. The van der Waals surface area contributed by atoms with Crippen LogP contribution in [0.15, 0.2) is 48.9 Å². The summed E-state index contributed by atoms with van der Waals surface area (Å²) in [4.78, 5) is 26.9. The smallest absolute Gasteiger partial charge is 0.201 e. The lowest BCUT2D eigenvalue weighted by Gasteiger charge is -2.32. The van der Waals surface area contributed by atoms with Crippen molar-refractivity contribution in [3.05, 3.63) is 71.7 Å². The zero-order valence-electron chi connectivity index (χ0n) is 26.4. The highest BCUT2D eigenvalue weighted by molar-refractivity contribution is 5.80. The Morgan fingerprint density at radius 3 is 2.56 bits per heavy atom. The van der Waals surface area contributed by atoms with Gasteiger partial charge in [-0.3, -0.25) is 9.20 Å². The Bertz CT molecular complexity index is 1640. The molecule has 12 heteroatoms. The number of aromatic nitrogens is 3. The number of nitrogens with zero attached hydrogens (tertiary/aromatic N) is 7. The molecule has 1 N–H and O–H groups in total. The Balaban J connectivity index is 0.000000297. The number of rotatable bonds is 10. The zero-order valence-corrected chi connectivity index (χ0v) is 26.4. The van der Waals surface area contributed by atoms with Crippen LogP contribution < -0.4 is 10.1 Å². The summed E-state index contributed by atoms with van der Waals surface area (Å²) in [5.74, 6) is -2.23. The van der Waals surface area contributed by atoms with Crippen molar-refractivity contribution in [1.82, 2.24) is 29.1 Å². The first-order valence-electron chi connectivity index (χ1n) is 14.9. The third-order valence-corrected chi connectivity index (χ3v) is 7.57. The number of nitrogens with one attached hydrogen (secondary N) is 1. The van der Waals surface area contributed by atoms with Crippen LogP contribution in [0.4, 0.5) is 20.3 Å². The number of carbonyl (C=O) groups excluding carboxylic acids is 1. The number of hydrogen-bond acceptors (Lipinski definition) is 9.